The summed E-state index contributed by atoms with van der Waals surface area (Å²) in [5, 5.41) is 0. The minimum Gasteiger partial charge on any atom is -0.493 e. The van der Waals surface area contributed by atoms with Gasteiger partial charge in [0.25, 0.3) is 6.43 Å². The first-order chi connectivity index (χ1) is 7.63. The number of hydrogen-bond donors (Lipinski definition) is 1. The average molecular weight is 233 g/mol. The molecule has 0 unspecified atom stereocenters. The van der Waals surface area contributed by atoms with Crippen LogP contribution in [0.4, 0.5) is 8.78 Å². The van der Waals surface area contributed by atoms with E-state index in [0.717, 1.165) is 0 Å². The molecule has 0 aliphatic heterocycles. The first kappa shape index (κ1) is 12.7. The van der Waals surface area contributed by atoms with Crippen LogP contribution >= 0.6 is 0 Å². The van der Waals surface area contributed by atoms with Crippen LogP contribution in [0, 0.1) is 0 Å². The quantitative estimate of drug-likeness (QED) is 0.790. The molecule has 6 heteroatoms. The predicted molar refractivity (Wildman–Crippen MR) is 53.5 cm³/mol. The number of alkyl halides is 2. The maximum Gasteiger partial charge on any atom is 0.263 e. The summed E-state index contributed by atoms with van der Waals surface area (Å²) in [6.45, 7) is -0.0277. The largest absolute Gasteiger partial charge is 0.493 e. The Bertz CT molecular complexity index is 358. The van der Waals surface area contributed by atoms with Crippen molar-refractivity contribution in [2.45, 2.75) is 13.0 Å². The van der Waals surface area contributed by atoms with Crippen molar-refractivity contribution in [3.8, 4) is 11.5 Å². The van der Waals surface area contributed by atoms with Crippen LogP contribution in [0.15, 0.2) is 12.1 Å². The van der Waals surface area contributed by atoms with Crippen LogP contribution in [0.5, 0.6) is 11.5 Å². The van der Waals surface area contributed by atoms with E-state index in [-0.39, 0.29) is 17.9 Å². The molecule has 0 radical (unpaired) electrons. The van der Waals surface area contributed by atoms with Gasteiger partial charge in [0.15, 0.2) is 11.5 Å². The molecule has 0 atom stereocenters. The Morgan fingerprint density at radius 3 is 2.38 bits per heavy atom. The molecule has 1 aromatic rings. The maximum atomic E-state index is 12.6. The summed E-state index contributed by atoms with van der Waals surface area (Å²) in [7, 11) is 2.79. The molecule has 4 nitrogen and oxygen atoms in total. The van der Waals surface area contributed by atoms with Crippen LogP contribution in [0.2, 0.25) is 0 Å². The van der Waals surface area contributed by atoms with Crippen molar-refractivity contribution in [3.63, 3.8) is 0 Å². The Morgan fingerprint density at radius 1 is 1.25 bits per heavy atom. The van der Waals surface area contributed by atoms with Crippen LogP contribution in [0.1, 0.15) is 17.6 Å². The number of nitrogens with two attached hydrogens (primary N) is 1. The molecule has 1 rings (SSSR count). The fraction of sp³-hybridized carbons (Fsp3) is 0.400. The first-order valence-electron chi connectivity index (χ1n) is 4.48. The lowest BCUT2D eigenvalue weighted by atomic mass is 10.1. The highest BCUT2D eigenvalue weighted by molar-refractivity contribution is 5.49. The third-order valence-electron chi connectivity index (χ3n) is 2.07. The summed E-state index contributed by atoms with van der Waals surface area (Å²) in [4.78, 5) is 4.42. The second-order valence-electron chi connectivity index (χ2n) is 3.03. The van der Waals surface area contributed by atoms with Gasteiger partial charge in [0.05, 0.1) is 20.8 Å². The highest BCUT2D eigenvalue weighted by atomic mass is 19.3. The van der Waals surface area contributed by atoms with Gasteiger partial charge in [-0.3, -0.25) is 4.84 Å². The first-order valence-corrected chi connectivity index (χ1v) is 4.48. The van der Waals surface area contributed by atoms with Crippen LogP contribution in [-0.2, 0) is 11.4 Å². The molecule has 0 saturated carbocycles. The van der Waals surface area contributed by atoms with E-state index in [1.165, 1.54) is 26.4 Å². The molecule has 2 N–H and O–H groups in total. The lowest BCUT2D eigenvalue weighted by Crippen LogP contribution is -2.04. The Labute approximate surface area is 91.9 Å². The number of benzene rings is 1. The number of ether oxygens (including phenoxy) is 2. The van der Waals surface area contributed by atoms with Crippen molar-refractivity contribution >= 4 is 0 Å². The standard InChI is InChI=1S/C10H13F2NO3/c1-14-8-4-6(10(11)12)3-7(5-16-13)9(8)15-2/h3-4,10H,5,13H2,1-2H3. The third kappa shape index (κ3) is 2.59. The topological polar surface area (TPSA) is 53.7 Å². The number of rotatable bonds is 5. The highest BCUT2D eigenvalue weighted by Crippen LogP contribution is 2.35. The molecular formula is C10H13F2NO3. The van der Waals surface area contributed by atoms with Crippen molar-refractivity contribution in [2.75, 3.05) is 14.2 Å². The van der Waals surface area contributed by atoms with Gasteiger partial charge in [0, 0.05) is 11.1 Å². The fourth-order valence-corrected chi connectivity index (χ4v) is 1.39. The molecule has 0 aliphatic carbocycles. The normalized spacial score (nSPS) is 10.6. The molecule has 0 aliphatic rings. The number of hydrogen-bond acceptors (Lipinski definition) is 4. The van der Waals surface area contributed by atoms with E-state index >= 15 is 0 Å². The van der Waals surface area contributed by atoms with E-state index in [4.69, 9.17) is 15.4 Å². The molecule has 1 aromatic carbocycles. The molecule has 0 aromatic heterocycles. The van der Waals surface area contributed by atoms with Crippen molar-refractivity contribution in [2.24, 2.45) is 5.90 Å². The number of halogens is 2. The summed E-state index contributed by atoms with van der Waals surface area (Å²) < 4.78 is 35.2. The second-order valence-corrected chi connectivity index (χ2v) is 3.03. The zero-order valence-corrected chi connectivity index (χ0v) is 9.00. The Balaban J connectivity index is 3.25. The van der Waals surface area contributed by atoms with E-state index in [2.05, 4.69) is 4.84 Å². The minimum atomic E-state index is -2.59. The van der Waals surface area contributed by atoms with Gasteiger partial charge in [-0.05, 0) is 12.1 Å². The fourth-order valence-electron chi connectivity index (χ4n) is 1.39. The lowest BCUT2D eigenvalue weighted by Gasteiger charge is -2.14. The number of methoxy groups -OCH3 is 2. The molecule has 0 saturated heterocycles. The van der Waals surface area contributed by atoms with E-state index in [9.17, 15) is 8.78 Å². The average Bonchev–Trinajstić information content (AvgIpc) is 2.28. The Hall–Kier alpha value is -1.40. The van der Waals surface area contributed by atoms with Crippen molar-refractivity contribution in [1.82, 2.24) is 0 Å². The van der Waals surface area contributed by atoms with Crippen molar-refractivity contribution in [1.29, 1.82) is 0 Å². The summed E-state index contributed by atoms with van der Waals surface area (Å²) in [5.41, 5.74) is 0.254. The van der Waals surface area contributed by atoms with Crippen molar-refractivity contribution in [3.05, 3.63) is 23.3 Å². The van der Waals surface area contributed by atoms with E-state index in [1.54, 1.807) is 0 Å². The molecular weight excluding hydrogens is 220 g/mol. The molecule has 0 bridgehead atoms. The minimum absolute atomic E-state index is 0.0277. The highest BCUT2D eigenvalue weighted by Gasteiger charge is 2.16. The van der Waals surface area contributed by atoms with Gasteiger partial charge in [0.2, 0.25) is 0 Å². The van der Waals surface area contributed by atoms with Crippen LogP contribution in [-0.4, -0.2) is 14.2 Å². The van der Waals surface area contributed by atoms with E-state index < -0.39 is 6.43 Å². The van der Waals surface area contributed by atoms with Crippen LogP contribution in [0.3, 0.4) is 0 Å². The van der Waals surface area contributed by atoms with Gasteiger partial charge >= 0.3 is 0 Å². The summed E-state index contributed by atoms with van der Waals surface area (Å²) >= 11 is 0. The smallest absolute Gasteiger partial charge is 0.263 e. The van der Waals surface area contributed by atoms with Crippen molar-refractivity contribution < 1.29 is 23.1 Å². The zero-order valence-electron chi connectivity index (χ0n) is 9.00. The third-order valence-corrected chi connectivity index (χ3v) is 2.07. The summed E-state index contributed by atoms with van der Waals surface area (Å²) in [6.07, 6.45) is -2.59. The summed E-state index contributed by atoms with van der Waals surface area (Å²) in [6, 6.07) is 2.50. The molecule has 0 spiro atoms. The van der Waals surface area contributed by atoms with E-state index in [0.29, 0.717) is 11.3 Å². The molecule has 0 heterocycles. The predicted octanol–water partition coefficient (Wildman–Crippen LogP) is 2.03. The van der Waals surface area contributed by atoms with Gasteiger partial charge in [-0.15, -0.1) is 0 Å². The maximum absolute atomic E-state index is 12.6. The van der Waals surface area contributed by atoms with E-state index in [1.807, 2.05) is 0 Å². The molecule has 0 amide bonds. The molecule has 90 valence electrons. The van der Waals surface area contributed by atoms with Gasteiger partial charge in [0.1, 0.15) is 0 Å². The zero-order chi connectivity index (χ0) is 12.1. The van der Waals surface area contributed by atoms with Gasteiger partial charge in [-0.2, -0.15) is 0 Å². The Kier molecular flexibility index (Phi) is 4.45. The lowest BCUT2D eigenvalue weighted by molar-refractivity contribution is 0.120. The molecule has 0 fully saturated rings. The second kappa shape index (κ2) is 5.62. The molecule has 16 heavy (non-hydrogen) atoms. The Morgan fingerprint density at radius 2 is 1.94 bits per heavy atom. The van der Waals surface area contributed by atoms with Crippen LogP contribution < -0.4 is 15.4 Å². The summed E-state index contributed by atoms with van der Waals surface area (Å²) in [5.74, 6) is 5.49. The SMILES string of the molecule is COc1cc(C(F)F)cc(CON)c1OC. The van der Waals surface area contributed by atoms with Gasteiger partial charge in [-0.25, -0.2) is 14.7 Å². The van der Waals surface area contributed by atoms with Gasteiger partial charge < -0.3 is 9.47 Å². The van der Waals surface area contributed by atoms with Crippen LogP contribution in [0.25, 0.3) is 0 Å². The van der Waals surface area contributed by atoms with Gasteiger partial charge in [-0.1, -0.05) is 0 Å². The monoisotopic (exact) mass is 233 g/mol.